The topological polar surface area (TPSA) is 85.1 Å². The number of aromatic amines is 1. The number of halogens is 1. The number of hydrogen-bond acceptors (Lipinski definition) is 5. The number of aryl methyl sites for hydroxylation is 1. The van der Waals surface area contributed by atoms with Gasteiger partial charge in [0.1, 0.15) is 5.82 Å². The number of anilines is 1. The zero-order chi connectivity index (χ0) is 22.6. The molecule has 1 saturated heterocycles. The molecule has 1 aromatic carbocycles. The molecule has 5 rings (SSSR count). The Morgan fingerprint density at radius 1 is 1.31 bits per heavy atom. The Hall–Kier alpha value is -2.66. The van der Waals surface area contributed by atoms with Crippen LogP contribution in [0.5, 0.6) is 0 Å². The summed E-state index contributed by atoms with van der Waals surface area (Å²) in [6.45, 7) is 7.18. The summed E-state index contributed by atoms with van der Waals surface area (Å²) in [5, 5.41) is 9.28. The lowest BCUT2D eigenvalue weighted by molar-refractivity contribution is 0.137. The maximum atomic E-state index is 15.4. The van der Waals surface area contributed by atoms with Crippen molar-refractivity contribution in [3.05, 3.63) is 38.3 Å². The molecule has 2 aliphatic carbocycles. The first-order valence-electron chi connectivity index (χ1n) is 11.8. The standard InChI is InChI=1S/C24H30FN5O2/c1-3-29(11-4-10-26)24(8-9-24)16-7-12-28(14-16)21-15(2)20-18(13-19(21)25)22(31)27-23(32)30(20)17-5-6-17/h13,16-17H,3-9,11-12,14H2,1-2H3,(H,27,31,32). The van der Waals surface area contributed by atoms with Gasteiger partial charge in [-0.25, -0.2) is 9.18 Å². The third-order valence-electron chi connectivity index (χ3n) is 7.83. The second kappa shape index (κ2) is 7.73. The van der Waals surface area contributed by atoms with E-state index < -0.39 is 17.1 Å². The summed E-state index contributed by atoms with van der Waals surface area (Å²) in [5.74, 6) is 0.0178. The summed E-state index contributed by atoms with van der Waals surface area (Å²) < 4.78 is 17.0. The summed E-state index contributed by atoms with van der Waals surface area (Å²) in [7, 11) is 0. The predicted octanol–water partition coefficient (Wildman–Crippen LogP) is 3.07. The van der Waals surface area contributed by atoms with Crippen molar-refractivity contribution in [2.45, 2.75) is 64.0 Å². The van der Waals surface area contributed by atoms with E-state index in [-0.39, 0.29) is 17.0 Å². The van der Waals surface area contributed by atoms with Crippen LogP contribution in [0.3, 0.4) is 0 Å². The third-order valence-corrected chi connectivity index (χ3v) is 7.83. The molecule has 2 aromatic rings. The summed E-state index contributed by atoms with van der Waals surface area (Å²) >= 11 is 0. The molecule has 7 nitrogen and oxygen atoms in total. The zero-order valence-electron chi connectivity index (χ0n) is 18.8. The van der Waals surface area contributed by atoms with Crippen LogP contribution in [0.2, 0.25) is 0 Å². The van der Waals surface area contributed by atoms with Crippen molar-refractivity contribution >= 4 is 16.6 Å². The van der Waals surface area contributed by atoms with Gasteiger partial charge >= 0.3 is 5.69 Å². The van der Waals surface area contributed by atoms with Gasteiger partial charge in [-0.2, -0.15) is 5.26 Å². The van der Waals surface area contributed by atoms with Crippen LogP contribution in [-0.2, 0) is 0 Å². The van der Waals surface area contributed by atoms with E-state index in [1.807, 2.05) is 6.92 Å². The lowest BCUT2D eigenvalue weighted by Gasteiger charge is -2.35. The fourth-order valence-corrected chi connectivity index (χ4v) is 6.03. The molecular formula is C24H30FN5O2. The summed E-state index contributed by atoms with van der Waals surface area (Å²) in [4.78, 5) is 31.9. The molecule has 1 N–H and O–H groups in total. The molecule has 0 amide bonds. The van der Waals surface area contributed by atoms with E-state index in [1.54, 1.807) is 4.57 Å². The Labute approximate surface area is 186 Å². The smallest absolute Gasteiger partial charge is 0.329 e. The molecule has 2 saturated carbocycles. The van der Waals surface area contributed by atoms with Crippen molar-refractivity contribution in [3.63, 3.8) is 0 Å². The minimum absolute atomic E-state index is 0.0816. The van der Waals surface area contributed by atoms with Crippen molar-refractivity contribution in [3.8, 4) is 6.07 Å². The molecule has 1 aliphatic heterocycles. The Morgan fingerprint density at radius 2 is 2.06 bits per heavy atom. The van der Waals surface area contributed by atoms with Gasteiger partial charge in [0.05, 0.1) is 22.7 Å². The van der Waals surface area contributed by atoms with Crippen LogP contribution in [0, 0.1) is 30.0 Å². The van der Waals surface area contributed by atoms with Crippen LogP contribution < -0.4 is 16.1 Å². The van der Waals surface area contributed by atoms with Crippen LogP contribution in [0.4, 0.5) is 10.1 Å². The highest BCUT2D eigenvalue weighted by atomic mass is 19.1. The normalized spacial score (nSPS) is 22.0. The van der Waals surface area contributed by atoms with Crippen LogP contribution in [0.1, 0.15) is 57.1 Å². The van der Waals surface area contributed by atoms with Gasteiger partial charge < -0.3 is 4.90 Å². The average Bonchev–Trinajstić information content (AvgIpc) is 3.69. The summed E-state index contributed by atoms with van der Waals surface area (Å²) in [5.41, 5.74) is 0.967. The van der Waals surface area contributed by atoms with Gasteiger partial charge in [-0.3, -0.25) is 19.2 Å². The second-order valence-corrected chi connectivity index (χ2v) is 9.61. The Morgan fingerprint density at radius 3 is 2.69 bits per heavy atom. The first-order chi connectivity index (χ1) is 15.4. The van der Waals surface area contributed by atoms with Crippen LogP contribution >= 0.6 is 0 Å². The van der Waals surface area contributed by atoms with Gasteiger partial charge in [0, 0.05) is 43.2 Å². The van der Waals surface area contributed by atoms with Crippen LogP contribution in [-0.4, -0.2) is 46.2 Å². The first-order valence-corrected chi connectivity index (χ1v) is 11.8. The maximum absolute atomic E-state index is 15.4. The molecule has 2 heterocycles. The van der Waals surface area contributed by atoms with E-state index in [0.29, 0.717) is 29.1 Å². The van der Waals surface area contributed by atoms with Gasteiger partial charge in [-0.15, -0.1) is 0 Å². The number of aromatic nitrogens is 2. The Balaban J connectivity index is 1.51. The number of nitriles is 1. The van der Waals surface area contributed by atoms with Crippen molar-refractivity contribution in [2.24, 2.45) is 5.92 Å². The fourth-order valence-electron chi connectivity index (χ4n) is 6.03. The largest absolute Gasteiger partial charge is 0.369 e. The zero-order valence-corrected chi connectivity index (χ0v) is 18.8. The Bertz CT molecular complexity index is 1220. The predicted molar refractivity (Wildman–Crippen MR) is 122 cm³/mol. The summed E-state index contributed by atoms with van der Waals surface area (Å²) in [6, 6.07) is 3.65. The number of H-pyrrole nitrogens is 1. The molecular weight excluding hydrogens is 409 g/mol. The Kier molecular flexibility index (Phi) is 5.12. The van der Waals surface area contributed by atoms with Crippen LogP contribution in [0.25, 0.3) is 10.9 Å². The van der Waals surface area contributed by atoms with Gasteiger partial charge in [-0.05, 0) is 57.6 Å². The minimum atomic E-state index is -0.525. The van der Waals surface area contributed by atoms with E-state index >= 15 is 4.39 Å². The molecule has 170 valence electrons. The van der Waals surface area contributed by atoms with Gasteiger partial charge in [0.25, 0.3) is 5.56 Å². The number of benzene rings is 1. The fraction of sp³-hybridized carbons (Fsp3) is 0.625. The number of fused-ring (bicyclic) bond motifs is 1. The molecule has 1 unspecified atom stereocenters. The lowest BCUT2D eigenvalue weighted by atomic mass is 9.94. The second-order valence-electron chi connectivity index (χ2n) is 9.61. The monoisotopic (exact) mass is 439 g/mol. The first kappa shape index (κ1) is 21.2. The molecule has 3 fully saturated rings. The number of nitrogens with zero attached hydrogens (tertiary/aromatic N) is 4. The van der Waals surface area contributed by atoms with Gasteiger partial charge in [0.15, 0.2) is 0 Å². The molecule has 0 bridgehead atoms. The van der Waals surface area contributed by atoms with E-state index in [9.17, 15) is 9.59 Å². The molecule has 3 aliphatic rings. The lowest BCUT2D eigenvalue weighted by Crippen LogP contribution is -2.44. The van der Waals surface area contributed by atoms with Crippen molar-refractivity contribution in [1.82, 2.24) is 14.5 Å². The highest BCUT2D eigenvalue weighted by Crippen LogP contribution is 2.52. The van der Waals surface area contributed by atoms with Crippen molar-refractivity contribution in [1.29, 1.82) is 5.26 Å². The summed E-state index contributed by atoms with van der Waals surface area (Å²) in [6.07, 6.45) is 5.55. The van der Waals surface area contributed by atoms with Crippen LogP contribution in [0.15, 0.2) is 15.7 Å². The van der Waals surface area contributed by atoms with Gasteiger partial charge in [-0.1, -0.05) is 6.92 Å². The minimum Gasteiger partial charge on any atom is -0.369 e. The molecule has 0 spiro atoms. The maximum Gasteiger partial charge on any atom is 0.329 e. The molecule has 1 aromatic heterocycles. The number of rotatable bonds is 7. The average molecular weight is 440 g/mol. The number of hydrogen-bond donors (Lipinski definition) is 1. The van der Waals surface area contributed by atoms with Crippen molar-refractivity contribution < 1.29 is 4.39 Å². The highest BCUT2D eigenvalue weighted by molar-refractivity contribution is 5.87. The molecule has 1 atom stereocenters. The van der Waals surface area contributed by atoms with Gasteiger partial charge in [0.2, 0.25) is 0 Å². The van der Waals surface area contributed by atoms with E-state index in [1.165, 1.54) is 6.07 Å². The SMILES string of the molecule is CCN(CCC#N)C1(C2CCN(c3c(F)cc4c(=O)[nH]c(=O)n(C5CC5)c4c3C)C2)CC1. The molecule has 8 heteroatoms. The quantitative estimate of drug-likeness (QED) is 0.717. The van der Waals surface area contributed by atoms with Crippen molar-refractivity contribution in [2.75, 3.05) is 31.1 Å². The number of nitrogens with one attached hydrogen (secondary N) is 1. The van der Waals surface area contributed by atoms with E-state index in [4.69, 9.17) is 5.26 Å². The highest BCUT2D eigenvalue weighted by Gasteiger charge is 2.54. The third kappa shape index (κ3) is 3.25. The van der Waals surface area contributed by atoms with E-state index in [0.717, 1.165) is 58.3 Å². The molecule has 0 radical (unpaired) electrons. The molecule has 32 heavy (non-hydrogen) atoms. The van der Waals surface area contributed by atoms with E-state index in [2.05, 4.69) is 27.8 Å².